The quantitative estimate of drug-likeness (QED) is 0.796. The van der Waals surface area contributed by atoms with E-state index < -0.39 is 0 Å². The van der Waals surface area contributed by atoms with Crippen LogP contribution in [0.4, 0.5) is 0 Å². The predicted octanol–water partition coefficient (Wildman–Crippen LogP) is 3.99. The number of hydrogen-bond donors (Lipinski definition) is 0. The van der Waals surface area contributed by atoms with Gasteiger partial charge in [0.25, 0.3) is 5.91 Å². The largest absolute Gasteiger partial charge is 0.335 e. The molecule has 1 aromatic heterocycles. The third kappa shape index (κ3) is 3.07. The number of aromatic nitrogens is 1. The molecule has 1 amide bonds. The second kappa shape index (κ2) is 6.18. The van der Waals surface area contributed by atoms with Crippen LogP contribution in [0, 0.1) is 6.92 Å². The van der Waals surface area contributed by atoms with Crippen molar-refractivity contribution in [3.63, 3.8) is 0 Å². The normalized spacial score (nSPS) is 12.0. The molecule has 4 heteroatoms. The molecule has 1 atom stereocenters. The lowest BCUT2D eigenvalue weighted by molar-refractivity contribution is 0.0741. The summed E-state index contributed by atoms with van der Waals surface area (Å²) >= 11 is 3.32. The Balaban J connectivity index is 2.22. The van der Waals surface area contributed by atoms with E-state index in [1.54, 1.807) is 23.2 Å². The van der Waals surface area contributed by atoms with Crippen molar-refractivity contribution in [3.8, 4) is 0 Å². The molecule has 2 aromatic rings. The Bertz CT molecular complexity index is 610. The van der Waals surface area contributed by atoms with E-state index in [1.165, 1.54) is 5.56 Å². The number of pyridine rings is 1. The van der Waals surface area contributed by atoms with Gasteiger partial charge < -0.3 is 4.90 Å². The number of rotatable bonds is 3. The topological polar surface area (TPSA) is 33.2 Å². The maximum atomic E-state index is 12.5. The summed E-state index contributed by atoms with van der Waals surface area (Å²) in [7, 11) is 1.81. The summed E-state index contributed by atoms with van der Waals surface area (Å²) in [5, 5.41) is 0. The number of amides is 1. The Kier molecular flexibility index (Phi) is 4.55. The first kappa shape index (κ1) is 14.7. The minimum absolute atomic E-state index is 0.00945. The summed E-state index contributed by atoms with van der Waals surface area (Å²) < 4.78 is 0.577. The number of halogens is 1. The maximum absolute atomic E-state index is 12.5. The number of carbonyl (C=O) groups excluding carboxylic acids is 1. The van der Waals surface area contributed by atoms with Crippen molar-refractivity contribution in [1.29, 1.82) is 0 Å². The van der Waals surface area contributed by atoms with Crippen molar-refractivity contribution in [2.24, 2.45) is 0 Å². The molecular formula is C16H17BrN2O. The Hall–Kier alpha value is -1.68. The molecule has 1 unspecified atom stereocenters. The van der Waals surface area contributed by atoms with Crippen molar-refractivity contribution >= 4 is 21.8 Å². The van der Waals surface area contributed by atoms with E-state index >= 15 is 0 Å². The zero-order chi connectivity index (χ0) is 14.7. The van der Waals surface area contributed by atoms with Gasteiger partial charge in [0, 0.05) is 13.2 Å². The van der Waals surface area contributed by atoms with Gasteiger partial charge in [0.15, 0.2) is 0 Å². The summed E-state index contributed by atoms with van der Waals surface area (Å²) in [6, 6.07) is 11.8. The molecule has 0 aliphatic carbocycles. The third-order valence-electron chi connectivity index (χ3n) is 3.45. The van der Waals surface area contributed by atoms with E-state index in [2.05, 4.69) is 52.1 Å². The second-order valence-electron chi connectivity index (χ2n) is 4.84. The van der Waals surface area contributed by atoms with Gasteiger partial charge in [-0.1, -0.05) is 29.8 Å². The van der Waals surface area contributed by atoms with Crippen molar-refractivity contribution in [3.05, 3.63) is 63.9 Å². The Morgan fingerprint density at radius 2 is 1.90 bits per heavy atom. The van der Waals surface area contributed by atoms with Crippen LogP contribution < -0.4 is 0 Å². The number of aryl methyl sites for hydroxylation is 1. The summed E-state index contributed by atoms with van der Waals surface area (Å²) in [6.07, 6.45) is 1.66. The fraction of sp³-hybridized carbons (Fsp3) is 0.250. The second-order valence-corrected chi connectivity index (χ2v) is 5.60. The first-order valence-corrected chi connectivity index (χ1v) is 7.24. The highest BCUT2D eigenvalue weighted by Crippen LogP contribution is 2.23. The molecule has 1 aromatic carbocycles. The molecule has 2 rings (SSSR count). The van der Waals surface area contributed by atoms with E-state index in [1.807, 2.05) is 14.0 Å². The average Bonchev–Trinajstić information content (AvgIpc) is 2.46. The van der Waals surface area contributed by atoms with Crippen LogP contribution in [0.1, 0.15) is 34.5 Å². The Morgan fingerprint density at radius 3 is 2.50 bits per heavy atom. The third-order valence-corrected chi connectivity index (χ3v) is 4.08. The van der Waals surface area contributed by atoms with Gasteiger partial charge in [-0.05, 0) is 47.5 Å². The first-order valence-electron chi connectivity index (χ1n) is 6.45. The molecule has 0 aliphatic heterocycles. The number of nitrogens with zero attached hydrogens (tertiary/aromatic N) is 2. The molecule has 0 N–H and O–H groups in total. The lowest BCUT2D eigenvalue weighted by atomic mass is 10.0. The van der Waals surface area contributed by atoms with Crippen LogP contribution in [0.15, 0.2) is 47.2 Å². The van der Waals surface area contributed by atoms with Gasteiger partial charge in [0.2, 0.25) is 0 Å². The number of benzene rings is 1. The van der Waals surface area contributed by atoms with Gasteiger partial charge in [-0.3, -0.25) is 4.79 Å². The molecule has 0 saturated carbocycles. The van der Waals surface area contributed by atoms with Gasteiger partial charge in [0.05, 0.1) is 11.6 Å². The highest BCUT2D eigenvalue weighted by atomic mass is 79.9. The molecule has 0 spiro atoms. The molecule has 0 fully saturated rings. The molecule has 0 radical (unpaired) electrons. The summed E-state index contributed by atoms with van der Waals surface area (Å²) in [5.74, 6) is -0.0435. The Morgan fingerprint density at radius 1 is 1.25 bits per heavy atom. The van der Waals surface area contributed by atoms with Gasteiger partial charge in [-0.15, -0.1) is 0 Å². The van der Waals surface area contributed by atoms with Crippen LogP contribution in [-0.2, 0) is 0 Å². The monoisotopic (exact) mass is 332 g/mol. The number of hydrogen-bond acceptors (Lipinski definition) is 2. The zero-order valence-electron chi connectivity index (χ0n) is 11.8. The zero-order valence-corrected chi connectivity index (χ0v) is 13.4. The summed E-state index contributed by atoms with van der Waals surface area (Å²) in [4.78, 5) is 18.3. The maximum Gasteiger partial charge on any atom is 0.256 e. The molecule has 0 bridgehead atoms. The minimum Gasteiger partial charge on any atom is -0.335 e. The van der Waals surface area contributed by atoms with Crippen molar-refractivity contribution in [1.82, 2.24) is 9.88 Å². The smallest absolute Gasteiger partial charge is 0.256 e. The van der Waals surface area contributed by atoms with Gasteiger partial charge in [-0.25, -0.2) is 4.98 Å². The lowest BCUT2D eigenvalue weighted by Gasteiger charge is -2.25. The molecule has 20 heavy (non-hydrogen) atoms. The van der Waals surface area contributed by atoms with Crippen LogP contribution >= 0.6 is 15.9 Å². The van der Waals surface area contributed by atoms with Crippen LogP contribution in [0.2, 0.25) is 0 Å². The highest BCUT2D eigenvalue weighted by Gasteiger charge is 2.20. The fourth-order valence-corrected chi connectivity index (χ4v) is 2.40. The minimum atomic E-state index is -0.0435. The van der Waals surface area contributed by atoms with Crippen LogP contribution in [-0.4, -0.2) is 22.8 Å². The standard InChI is InChI=1S/C16H17BrN2O/c1-11-6-8-13(9-7-11)12(2)19(3)16(20)14-5-4-10-18-15(14)17/h4-10,12H,1-3H3. The van der Waals surface area contributed by atoms with Gasteiger partial charge in [0.1, 0.15) is 4.60 Å². The van der Waals surface area contributed by atoms with Crippen molar-refractivity contribution in [2.45, 2.75) is 19.9 Å². The van der Waals surface area contributed by atoms with Crippen LogP contribution in [0.25, 0.3) is 0 Å². The predicted molar refractivity (Wildman–Crippen MR) is 83.6 cm³/mol. The van der Waals surface area contributed by atoms with E-state index in [4.69, 9.17) is 0 Å². The van der Waals surface area contributed by atoms with E-state index in [0.717, 1.165) is 5.56 Å². The molecule has 0 aliphatic rings. The lowest BCUT2D eigenvalue weighted by Crippen LogP contribution is -2.30. The molecule has 3 nitrogen and oxygen atoms in total. The van der Waals surface area contributed by atoms with Crippen molar-refractivity contribution in [2.75, 3.05) is 7.05 Å². The Labute approximate surface area is 127 Å². The highest BCUT2D eigenvalue weighted by molar-refractivity contribution is 9.10. The van der Waals surface area contributed by atoms with Crippen LogP contribution in [0.3, 0.4) is 0 Å². The van der Waals surface area contributed by atoms with Gasteiger partial charge in [-0.2, -0.15) is 0 Å². The average molecular weight is 333 g/mol. The van der Waals surface area contributed by atoms with Crippen LogP contribution in [0.5, 0.6) is 0 Å². The first-order chi connectivity index (χ1) is 9.50. The van der Waals surface area contributed by atoms with E-state index in [-0.39, 0.29) is 11.9 Å². The summed E-state index contributed by atoms with van der Waals surface area (Å²) in [6.45, 7) is 4.07. The van der Waals surface area contributed by atoms with E-state index in [9.17, 15) is 4.79 Å². The number of carbonyl (C=O) groups is 1. The molecule has 0 saturated heterocycles. The molecule has 1 heterocycles. The molecule has 104 valence electrons. The van der Waals surface area contributed by atoms with E-state index in [0.29, 0.717) is 10.2 Å². The fourth-order valence-electron chi connectivity index (χ4n) is 1.98. The van der Waals surface area contributed by atoms with Gasteiger partial charge >= 0.3 is 0 Å². The SMILES string of the molecule is Cc1ccc(C(C)N(C)C(=O)c2cccnc2Br)cc1. The van der Waals surface area contributed by atoms with Crippen molar-refractivity contribution < 1.29 is 4.79 Å². The molecular weight excluding hydrogens is 316 g/mol. The summed E-state index contributed by atoms with van der Waals surface area (Å²) in [5.41, 5.74) is 2.91.